The van der Waals surface area contributed by atoms with Crippen LogP contribution in [0, 0.1) is 0 Å². The fraction of sp³-hybridized carbons (Fsp3) is 0.167. The van der Waals surface area contributed by atoms with Crippen molar-refractivity contribution in [3.63, 3.8) is 0 Å². The van der Waals surface area contributed by atoms with E-state index in [1.54, 1.807) is 0 Å². The van der Waals surface area contributed by atoms with Crippen LogP contribution >= 0.6 is 0 Å². The Hall–Kier alpha value is -3.15. The third kappa shape index (κ3) is 4.19. The number of nitrogens with one attached hydrogen (secondary N) is 1. The Labute approximate surface area is 140 Å². The highest BCUT2D eigenvalue weighted by atomic mass is 16.5. The van der Waals surface area contributed by atoms with Crippen molar-refractivity contribution in [2.75, 3.05) is 11.1 Å². The number of aryl methyl sites for hydroxylation is 1. The van der Waals surface area contributed by atoms with Gasteiger partial charge in [0, 0.05) is 13.0 Å². The second-order valence-electron chi connectivity index (χ2n) is 5.20. The summed E-state index contributed by atoms with van der Waals surface area (Å²) in [7, 11) is 0. The minimum absolute atomic E-state index is 0.227. The monoisotopic (exact) mass is 321 g/mol. The molecule has 0 aliphatic heterocycles. The molecule has 0 fully saturated rings. The van der Waals surface area contributed by atoms with Crippen LogP contribution in [0.25, 0.3) is 0 Å². The normalized spacial score (nSPS) is 10.4. The van der Waals surface area contributed by atoms with Crippen LogP contribution in [0.5, 0.6) is 11.5 Å². The van der Waals surface area contributed by atoms with Gasteiger partial charge < -0.3 is 15.8 Å². The number of nitrogen functional groups attached to an aromatic ring is 1. The highest BCUT2D eigenvalue weighted by Crippen LogP contribution is 2.22. The molecule has 3 aromatic rings. The number of anilines is 2. The minimum atomic E-state index is 0.227. The van der Waals surface area contributed by atoms with E-state index in [-0.39, 0.29) is 5.95 Å². The van der Waals surface area contributed by atoms with E-state index in [0.717, 1.165) is 17.1 Å². The van der Waals surface area contributed by atoms with Crippen LogP contribution in [-0.4, -0.2) is 15.0 Å². The fourth-order valence-corrected chi connectivity index (χ4v) is 2.20. The molecule has 3 N–H and O–H groups in total. The molecule has 0 spiro atoms. The maximum atomic E-state index is 5.84. The molecule has 3 rings (SSSR count). The molecule has 24 heavy (non-hydrogen) atoms. The molecular formula is C18H19N5O. The first-order valence-electron chi connectivity index (χ1n) is 7.79. The summed E-state index contributed by atoms with van der Waals surface area (Å²) in [5.41, 5.74) is 6.75. The molecule has 0 atom stereocenters. The van der Waals surface area contributed by atoms with Crippen LogP contribution in [0.2, 0.25) is 0 Å². The molecule has 0 aliphatic rings. The van der Waals surface area contributed by atoms with Gasteiger partial charge in [-0.25, -0.2) is 0 Å². The van der Waals surface area contributed by atoms with E-state index < -0.39 is 0 Å². The average molecular weight is 321 g/mol. The lowest BCUT2D eigenvalue weighted by atomic mass is 10.2. The summed E-state index contributed by atoms with van der Waals surface area (Å²) in [5, 5.41) is 3.17. The lowest BCUT2D eigenvalue weighted by molar-refractivity contribution is 0.482. The number of para-hydroxylation sites is 1. The fourth-order valence-electron chi connectivity index (χ4n) is 2.20. The Bertz CT molecular complexity index is 808. The maximum Gasteiger partial charge on any atom is 0.228 e. The molecule has 1 heterocycles. The molecule has 6 nitrogen and oxygen atoms in total. The first-order valence-corrected chi connectivity index (χ1v) is 7.79. The highest BCUT2D eigenvalue weighted by Gasteiger charge is 2.04. The van der Waals surface area contributed by atoms with Crippen LogP contribution in [0.4, 0.5) is 11.9 Å². The van der Waals surface area contributed by atoms with E-state index in [1.165, 1.54) is 0 Å². The molecule has 0 amide bonds. The minimum Gasteiger partial charge on any atom is -0.457 e. The van der Waals surface area contributed by atoms with Gasteiger partial charge in [0.1, 0.15) is 17.3 Å². The summed E-state index contributed by atoms with van der Waals surface area (Å²) >= 11 is 0. The number of aromatic nitrogens is 3. The van der Waals surface area contributed by atoms with Gasteiger partial charge in [0.2, 0.25) is 11.9 Å². The van der Waals surface area contributed by atoms with E-state index in [0.29, 0.717) is 24.7 Å². The highest BCUT2D eigenvalue weighted by molar-refractivity contribution is 5.37. The van der Waals surface area contributed by atoms with Gasteiger partial charge >= 0.3 is 0 Å². The summed E-state index contributed by atoms with van der Waals surface area (Å²) in [6.45, 7) is 2.54. The van der Waals surface area contributed by atoms with Gasteiger partial charge in [0.05, 0.1) is 0 Å². The van der Waals surface area contributed by atoms with Crippen LogP contribution in [0.15, 0.2) is 54.6 Å². The quantitative estimate of drug-likeness (QED) is 0.723. The van der Waals surface area contributed by atoms with Crippen molar-refractivity contribution in [1.29, 1.82) is 0 Å². The zero-order chi connectivity index (χ0) is 16.8. The van der Waals surface area contributed by atoms with Gasteiger partial charge in [0.15, 0.2) is 0 Å². The third-order valence-electron chi connectivity index (χ3n) is 3.34. The second-order valence-corrected chi connectivity index (χ2v) is 5.20. The standard InChI is InChI=1S/C18H19N5O/c1-2-16-21-17(19)23-18(22-16)20-12-13-7-6-10-15(11-13)24-14-8-4-3-5-9-14/h3-11H,2,12H2,1H3,(H3,19,20,21,22,23). The van der Waals surface area contributed by atoms with Crippen molar-refractivity contribution in [3.05, 3.63) is 66.0 Å². The van der Waals surface area contributed by atoms with Crippen molar-refractivity contribution in [3.8, 4) is 11.5 Å². The molecule has 2 aromatic carbocycles. The van der Waals surface area contributed by atoms with Gasteiger partial charge in [-0.15, -0.1) is 0 Å². The van der Waals surface area contributed by atoms with Crippen molar-refractivity contribution >= 4 is 11.9 Å². The maximum absolute atomic E-state index is 5.84. The molecule has 122 valence electrons. The predicted octanol–water partition coefficient (Wildman–Crippen LogP) is 3.42. The molecule has 6 heteroatoms. The Morgan fingerprint density at radius 3 is 2.54 bits per heavy atom. The number of nitrogens with two attached hydrogens (primary N) is 1. The third-order valence-corrected chi connectivity index (χ3v) is 3.34. The molecular weight excluding hydrogens is 302 g/mol. The van der Waals surface area contributed by atoms with Crippen molar-refractivity contribution in [2.45, 2.75) is 19.9 Å². The summed E-state index contributed by atoms with van der Waals surface area (Å²) in [6.07, 6.45) is 0.710. The molecule has 0 aliphatic carbocycles. The zero-order valence-electron chi connectivity index (χ0n) is 13.4. The smallest absolute Gasteiger partial charge is 0.228 e. The Morgan fingerprint density at radius 2 is 1.75 bits per heavy atom. The van der Waals surface area contributed by atoms with Crippen LogP contribution in [0.3, 0.4) is 0 Å². The number of hydrogen-bond donors (Lipinski definition) is 2. The van der Waals surface area contributed by atoms with Gasteiger partial charge in [0.25, 0.3) is 0 Å². The van der Waals surface area contributed by atoms with E-state index in [2.05, 4.69) is 20.3 Å². The summed E-state index contributed by atoms with van der Waals surface area (Å²) < 4.78 is 5.84. The van der Waals surface area contributed by atoms with Crippen molar-refractivity contribution < 1.29 is 4.74 Å². The Balaban J connectivity index is 1.68. The summed E-state index contributed by atoms with van der Waals surface area (Å²) in [5.74, 6) is 2.97. The number of ether oxygens (including phenoxy) is 1. The topological polar surface area (TPSA) is 86.0 Å². The summed E-state index contributed by atoms with van der Waals surface area (Å²) in [4.78, 5) is 12.5. The van der Waals surface area contributed by atoms with Crippen molar-refractivity contribution in [2.24, 2.45) is 0 Å². The molecule has 0 unspecified atom stereocenters. The van der Waals surface area contributed by atoms with Gasteiger partial charge in [-0.2, -0.15) is 15.0 Å². The Kier molecular flexibility index (Phi) is 4.86. The number of nitrogens with zero attached hydrogens (tertiary/aromatic N) is 3. The lowest BCUT2D eigenvalue weighted by Gasteiger charge is -2.09. The summed E-state index contributed by atoms with van der Waals surface area (Å²) in [6, 6.07) is 17.5. The SMILES string of the molecule is CCc1nc(N)nc(NCc2cccc(Oc3ccccc3)c2)n1. The average Bonchev–Trinajstić information content (AvgIpc) is 2.61. The molecule has 0 bridgehead atoms. The van der Waals surface area contributed by atoms with Crippen LogP contribution in [0.1, 0.15) is 18.3 Å². The molecule has 0 saturated carbocycles. The zero-order valence-corrected chi connectivity index (χ0v) is 13.4. The van der Waals surface area contributed by atoms with E-state index in [1.807, 2.05) is 61.5 Å². The number of hydrogen-bond acceptors (Lipinski definition) is 6. The lowest BCUT2D eigenvalue weighted by Crippen LogP contribution is -2.09. The first-order chi connectivity index (χ1) is 11.7. The van der Waals surface area contributed by atoms with E-state index in [9.17, 15) is 0 Å². The van der Waals surface area contributed by atoms with Gasteiger partial charge in [-0.05, 0) is 29.8 Å². The van der Waals surface area contributed by atoms with Crippen LogP contribution in [-0.2, 0) is 13.0 Å². The molecule has 0 radical (unpaired) electrons. The molecule has 0 saturated heterocycles. The predicted molar refractivity (Wildman–Crippen MR) is 93.9 cm³/mol. The Morgan fingerprint density at radius 1 is 0.958 bits per heavy atom. The van der Waals surface area contributed by atoms with E-state index in [4.69, 9.17) is 10.5 Å². The van der Waals surface area contributed by atoms with Crippen LogP contribution < -0.4 is 15.8 Å². The molecule has 1 aromatic heterocycles. The van der Waals surface area contributed by atoms with Crippen molar-refractivity contribution in [1.82, 2.24) is 15.0 Å². The van der Waals surface area contributed by atoms with E-state index >= 15 is 0 Å². The number of rotatable bonds is 6. The second kappa shape index (κ2) is 7.41. The van der Waals surface area contributed by atoms with Gasteiger partial charge in [-0.1, -0.05) is 37.3 Å². The largest absolute Gasteiger partial charge is 0.457 e. The van der Waals surface area contributed by atoms with Gasteiger partial charge in [-0.3, -0.25) is 0 Å². The number of benzene rings is 2. The first kappa shape index (κ1) is 15.7.